The number of para-hydroxylation sites is 1. The normalized spacial score (nSPS) is 15.8. The first kappa shape index (κ1) is 22.3. The molecule has 2 heterocycles. The largest absolute Gasteiger partial charge is 0.454 e. The lowest BCUT2D eigenvalue weighted by molar-refractivity contribution is 0.119. The van der Waals surface area contributed by atoms with Crippen molar-refractivity contribution in [2.75, 3.05) is 25.2 Å². The Labute approximate surface area is 201 Å². The van der Waals surface area contributed by atoms with Gasteiger partial charge in [-0.3, -0.25) is 4.90 Å². The fourth-order valence-electron chi connectivity index (χ4n) is 4.73. The summed E-state index contributed by atoms with van der Waals surface area (Å²) in [6, 6.07) is 24.5. The van der Waals surface area contributed by atoms with Gasteiger partial charge >= 0.3 is 6.03 Å². The monoisotopic (exact) mass is 457 g/mol. The molecule has 34 heavy (non-hydrogen) atoms. The standard InChI is InChI=1S/C28H31N3O3/c1-21-7-5-6-10-25(21)29-28(32)31(19-23-11-12-26-27(17-23)34-20-33-26)24-13-15-30(16-14-24)18-22-8-3-2-4-9-22/h2-12,17,24H,13-16,18-20H2,1H3,(H,29,32). The van der Waals surface area contributed by atoms with E-state index in [0.29, 0.717) is 6.54 Å². The molecule has 0 saturated carbocycles. The van der Waals surface area contributed by atoms with E-state index in [9.17, 15) is 4.79 Å². The highest BCUT2D eigenvalue weighted by atomic mass is 16.7. The first-order valence-electron chi connectivity index (χ1n) is 11.9. The van der Waals surface area contributed by atoms with Gasteiger partial charge in [-0.2, -0.15) is 0 Å². The van der Waals surface area contributed by atoms with Crippen LogP contribution in [-0.4, -0.2) is 41.8 Å². The van der Waals surface area contributed by atoms with Crippen LogP contribution in [0.4, 0.5) is 10.5 Å². The highest BCUT2D eigenvalue weighted by molar-refractivity contribution is 5.90. The molecule has 1 fully saturated rings. The van der Waals surface area contributed by atoms with Crippen molar-refractivity contribution >= 4 is 11.7 Å². The lowest BCUT2D eigenvalue weighted by Crippen LogP contribution is -2.48. The first-order chi connectivity index (χ1) is 16.7. The van der Waals surface area contributed by atoms with Gasteiger partial charge in [-0.15, -0.1) is 0 Å². The predicted octanol–water partition coefficient (Wildman–Crippen LogP) is 5.42. The summed E-state index contributed by atoms with van der Waals surface area (Å²) >= 11 is 0. The van der Waals surface area contributed by atoms with E-state index in [-0.39, 0.29) is 18.9 Å². The Kier molecular flexibility index (Phi) is 6.67. The van der Waals surface area contributed by atoms with E-state index in [4.69, 9.17) is 9.47 Å². The number of amides is 2. The van der Waals surface area contributed by atoms with Crippen LogP contribution in [0.2, 0.25) is 0 Å². The van der Waals surface area contributed by atoms with Crippen molar-refractivity contribution in [1.29, 1.82) is 0 Å². The number of hydrogen-bond acceptors (Lipinski definition) is 4. The highest BCUT2D eigenvalue weighted by Gasteiger charge is 2.29. The minimum Gasteiger partial charge on any atom is -0.454 e. The number of anilines is 1. The van der Waals surface area contributed by atoms with Gasteiger partial charge in [0, 0.05) is 37.9 Å². The van der Waals surface area contributed by atoms with Crippen molar-refractivity contribution in [3.63, 3.8) is 0 Å². The van der Waals surface area contributed by atoms with Crippen LogP contribution >= 0.6 is 0 Å². The first-order valence-corrected chi connectivity index (χ1v) is 11.9. The van der Waals surface area contributed by atoms with Crippen LogP contribution in [0.3, 0.4) is 0 Å². The Morgan fingerprint density at radius 3 is 2.47 bits per heavy atom. The smallest absolute Gasteiger partial charge is 0.322 e. The third-order valence-electron chi connectivity index (χ3n) is 6.68. The predicted molar refractivity (Wildman–Crippen MR) is 133 cm³/mol. The number of ether oxygens (including phenoxy) is 2. The molecule has 2 aliphatic heterocycles. The number of hydrogen-bond donors (Lipinski definition) is 1. The number of carbonyl (C=O) groups excluding carboxylic acids is 1. The van der Waals surface area contributed by atoms with Crippen LogP contribution in [0, 0.1) is 6.92 Å². The molecule has 2 amide bonds. The number of benzene rings is 3. The number of carbonyl (C=O) groups is 1. The lowest BCUT2D eigenvalue weighted by Gasteiger charge is -2.38. The third kappa shape index (κ3) is 5.18. The zero-order chi connectivity index (χ0) is 23.3. The second-order valence-electron chi connectivity index (χ2n) is 9.05. The van der Waals surface area contributed by atoms with Crippen LogP contribution in [0.1, 0.15) is 29.5 Å². The van der Waals surface area contributed by atoms with E-state index in [1.165, 1.54) is 5.56 Å². The molecular weight excluding hydrogens is 426 g/mol. The van der Waals surface area contributed by atoms with Gasteiger partial charge in [0.15, 0.2) is 11.5 Å². The van der Waals surface area contributed by atoms with Crippen molar-refractivity contribution in [2.24, 2.45) is 0 Å². The Balaban J connectivity index is 1.30. The molecule has 176 valence electrons. The van der Waals surface area contributed by atoms with Crippen LogP contribution in [-0.2, 0) is 13.1 Å². The van der Waals surface area contributed by atoms with Gasteiger partial charge in [0.2, 0.25) is 6.79 Å². The number of likely N-dealkylation sites (tertiary alicyclic amines) is 1. The second-order valence-corrected chi connectivity index (χ2v) is 9.05. The molecular formula is C28H31N3O3. The molecule has 0 atom stereocenters. The Morgan fingerprint density at radius 2 is 1.68 bits per heavy atom. The fourth-order valence-corrected chi connectivity index (χ4v) is 4.73. The molecule has 1 N–H and O–H groups in total. The topological polar surface area (TPSA) is 54.0 Å². The molecule has 0 unspecified atom stereocenters. The van der Waals surface area contributed by atoms with Gasteiger partial charge < -0.3 is 19.7 Å². The molecule has 0 aromatic heterocycles. The van der Waals surface area contributed by atoms with E-state index >= 15 is 0 Å². The maximum atomic E-state index is 13.5. The Hall–Kier alpha value is -3.51. The van der Waals surface area contributed by atoms with Crippen LogP contribution in [0.25, 0.3) is 0 Å². The Morgan fingerprint density at radius 1 is 0.941 bits per heavy atom. The van der Waals surface area contributed by atoms with Crippen molar-refractivity contribution in [2.45, 2.75) is 38.9 Å². The van der Waals surface area contributed by atoms with Gasteiger partial charge in [-0.05, 0) is 54.7 Å². The molecule has 3 aromatic carbocycles. The van der Waals surface area contributed by atoms with Crippen molar-refractivity contribution in [3.05, 3.63) is 89.5 Å². The molecule has 5 rings (SSSR count). The minimum atomic E-state index is -0.0616. The number of nitrogens with one attached hydrogen (secondary N) is 1. The molecule has 0 aliphatic carbocycles. The quantitative estimate of drug-likeness (QED) is 0.537. The summed E-state index contributed by atoms with van der Waals surface area (Å²) in [4.78, 5) is 18.0. The van der Waals surface area contributed by atoms with Gasteiger partial charge in [-0.1, -0.05) is 54.6 Å². The number of urea groups is 1. The molecule has 6 nitrogen and oxygen atoms in total. The van der Waals surface area contributed by atoms with Gasteiger partial charge in [0.25, 0.3) is 0 Å². The Bertz CT molecular complexity index is 1130. The average Bonchev–Trinajstić information content (AvgIpc) is 3.33. The molecule has 6 heteroatoms. The van der Waals surface area contributed by atoms with E-state index in [1.807, 2.05) is 54.3 Å². The summed E-state index contributed by atoms with van der Waals surface area (Å²) in [5.74, 6) is 1.50. The minimum absolute atomic E-state index is 0.0616. The molecule has 1 saturated heterocycles. The molecule has 3 aromatic rings. The maximum absolute atomic E-state index is 13.5. The molecule has 0 radical (unpaired) electrons. The fraction of sp³-hybridized carbons (Fsp3) is 0.321. The van der Waals surface area contributed by atoms with Gasteiger partial charge in [-0.25, -0.2) is 4.79 Å². The van der Waals surface area contributed by atoms with Gasteiger partial charge in [0.05, 0.1) is 0 Å². The summed E-state index contributed by atoms with van der Waals surface area (Å²) in [6.07, 6.45) is 1.89. The molecule has 2 aliphatic rings. The summed E-state index contributed by atoms with van der Waals surface area (Å²) in [5.41, 5.74) is 4.27. The van der Waals surface area contributed by atoms with Gasteiger partial charge in [0.1, 0.15) is 0 Å². The van der Waals surface area contributed by atoms with Crippen LogP contribution in [0.15, 0.2) is 72.8 Å². The molecule has 0 spiro atoms. The van der Waals surface area contributed by atoms with E-state index in [2.05, 4.69) is 40.5 Å². The average molecular weight is 458 g/mol. The summed E-state index contributed by atoms with van der Waals surface area (Å²) < 4.78 is 11.0. The van der Waals surface area contributed by atoms with E-state index in [1.54, 1.807) is 0 Å². The number of fused-ring (bicyclic) bond motifs is 1. The number of nitrogens with zero attached hydrogens (tertiary/aromatic N) is 2. The summed E-state index contributed by atoms with van der Waals surface area (Å²) in [5, 5.41) is 3.15. The number of piperidine rings is 1. The summed E-state index contributed by atoms with van der Waals surface area (Å²) in [7, 11) is 0. The van der Waals surface area contributed by atoms with E-state index in [0.717, 1.165) is 60.8 Å². The lowest BCUT2D eigenvalue weighted by atomic mass is 10.0. The van der Waals surface area contributed by atoms with Crippen molar-refractivity contribution in [1.82, 2.24) is 9.80 Å². The van der Waals surface area contributed by atoms with Crippen LogP contribution in [0.5, 0.6) is 11.5 Å². The number of aryl methyl sites for hydroxylation is 1. The maximum Gasteiger partial charge on any atom is 0.322 e. The van der Waals surface area contributed by atoms with Crippen molar-refractivity contribution in [3.8, 4) is 11.5 Å². The van der Waals surface area contributed by atoms with E-state index < -0.39 is 0 Å². The zero-order valence-electron chi connectivity index (χ0n) is 19.6. The highest BCUT2D eigenvalue weighted by Crippen LogP contribution is 2.33. The number of rotatable bonds is 6. The second kappa shape index (κ2) is 10.2. The SMILES string of the molecule is Cc1ccccc1NC(=O)N(Cc1ccc2c(c1)OCO2)C1CCN(Cc2ccccc2)CC1. The molecule has 0 bridgehead atoms. The third-order valence-corrected chi connectivity index (χ3v) is 6.68. The van der Waals surface area contributed by atoms with Crippen LogP contribution < -0.4 is 14.8 Å². The van der Waals surface area contributed by atoms with Crippen molar-refractivity contribution < 1.29 is 14.3 Å². The zero-order valence-corrected chi connectivity index (χ0v) is 19.6. The summed E-state index contributed by atoms with van der Waals surface area (Å²) in [6.45, 7) is 5.67.